The molecule has 0 heterocycles. The van der Waals surface area contributed by atoms with Crippen molar-refractivity contribution in [2.24, 2.45) is 0 Å². The number of halogens is 1. The molecule has 0 spiro atoms. The van der Waals surface area contributed by atoms with E-state index in [1.54, 1.807) is 30.3 Å². The molecule has 0 aliphatic carbocycles. The summed E-state index contributed by atoms with van der Waals surface area (Å²) in [7, 11) is 0. The van der Waals surface area contributed by atoms with Crippen LogP contribution in [0.2, 0.25) is 5.02 Å². The van der Waals surface area contributed by atoms with Gasteiger partial charge < -0.3 is 5.11 Å². The highest BCUT2D eigenvalue weighted by Gasteiger charge is 2.12. The third kappa shape index (κ3) is 2.87. The van der Waals surface area contributed by atoms with E-state index in [0.29, 0.717) is 10.6 Å². The number of benzene rings is 3. The normalized spacial score (nSPS) is 11.1. The monoisotopic (exact) mass is 308 g/mol. The Balaban J connectivity index is 1.98. The molecule has 0 radical (unpaired) electrons. The summed E-state index contributed by atoms with van der Waals surface area (Å²) < 4.78 is 0. The maximum absolute atomic E-state index is 12.4. The lowest BCUT2D eigenvalue weighted by atomic mass is 9.99. The van der Waals surface area contributed by atoms with Crippen molar-refractivity contribution in [1.82, 2.24) is 0 Å². The SMILES string of the molecule is O=C(/C=C/c1ccc(Cl)cc1)c1c(O)ccc2ccccc12. The summed E-state index contributed by atoms with van der Waals surface area (Å²) in [5, 5.41) is 12.4. The summed E-state index contributed by atoms with van der Waals surface area (Å²) in [6.07, 6.45) is 3.17. The van der Waals surface area contributed by atoms with Gasteiger partial charge in [-0.05, 0) is 40.6 Å². The molecular weight excluding hydrogens is 296 g/mol. The van der Waals surface area contributed by atoms with Crippen LogP contribution in [0.5, 0.6) is 5.75 Å². The van der Waals surface area contributed by atoms with Gasteiger partial charge in [-0.3, -0.25) is 4.79 Å². The Bertz CT molecular complexity index is 864. The van der Waals surface area contributed by atoms with E-state index in [4.69, 9.17) is 11.6 Å². The van der Waals surface area contributed by atoms with Crippen LogP contribution in [0.15, 0.2) is 66.7 Å². The number of hydrogen-bond acceptors (Lipinski definition) is 2. The van der Waals surface area contributed by atoms with Crippen LogP contribution in [-0.2, 0) is 0 Å². The molecule has 0 atom stereocenters. The van der Waals surface area contributed by atoms with E-state index < -0.39 is 0 Å². The quantitative estimate of drug-likeness (QED) is 0.540. The van der Waals surface area contributed by atoms with Gasteiger partial charge in [0, 0.05) is 5.02 Å². The third-order valence-electron chi connectivity index (χ3n) is 3.45. The lowest BCUT2D eigenvalue weighted by Gasteiger charge is -2.06. The molecule has 1 N–H and O–H groups in total. The summed E-state index contributed by atoms with van der Waals surface area (Å²) in [6.45, 7) is 0. The van der Waals surface area contributed by atoms with Crippen molar-refractivity contribution < 1.29 is 9.90 Å². The lowest BCUT2D eigenvalue weighted by molar-refractivity contribution is 0.104. The summed E-state index contributed by atoms with van der Waals surface area (Å²) in [5.74, 6) is -0.242. The minimum absolute atomic E-state index is 0.00976. The van der Waals surface area contributed by atoms with Gasteiger partial charge in [0.15, 0.2) is 5.78 Å². The molecule has 22 heavy (non-hydrogen) atoms. The number of allylic oxidation sites excluding steroid dienone is 1. The number of carbonyl (C=O) groups is 1. The van der Waals surface area contributed by atoms with Crippen LogP contribution in [-0.4, -0.2) is 10.9 Å². The van der Waals surface area contributed by atoms with Crippen molar-refractivity contribution in [3.63, 3.8) is 0 Å². The molecular formula is C19H13ClO2. The molecule has 0 fully saturated rings. The van der Waals surface area contributed by atoms with E-state index in [2.05, 4.69) is 0 Å². The number of fused-ring (bicyclic) bond motifs is 1. The minimum Gasteiger partial charge on any atom is -0.507 e. The Morgan fingerprint density at radius 3 is 2.45 bits per heavy atom. The van der Waals surface area contributed by atoms with Crippen LogP contribution in [0.1, 0.15) is 15.9 Å². The van der Waals surface area contributed by atoms with Gasteiger partial charge in [0.05, 0.1) is 5.56 Å². The zero-order valence-electron chi connectivity index (χ0n) is 11.7. The molecule has 3 heteroatoms. The lowest BCUT2D eigenvalue weighted by Crippen LogP contribution is -1.96. The molecule has 0 saturated carbocycles. The topological polar surface area (TPSA) is 37.3 Å². The highest BCUT2D eigenvalue weighted by atomic mass is 35.5. The number of carbonyl (C=O) groups excluding carboxylic acids is 1. The van der Waals surface area contributed by atoms with Crippen molar-refractivity contribution in [2.75, 3.05) is 0 Å². The van der Waals surface area contributed by atoms with E-state index in [1.807, 2.05) is 36.4 Å². The van der Waals surface area contributed by atoms with Crippen molar-refractivity contribution in [3.05, 3.63) is 82.9 Å². The summed E-state index contributed by atoms with van der Waals surface area (Å²) >= 11 is 5.83. The third-order valence-corrected chi connectivity index (χ3v) is 3.70. The standard InChI is InChI=1S/C19H13ClO2/c20-15-9-5-13(6-10-15)7-11-17(21)19-16-4-2-1-3-14(16)8-12-18(19)22/h1-12,22H/b11-7+. The predicted octanol–water partition coefficient (Wildman–Crippen LogP) is 5.09. The van der Waals surface area contributed by atoms with Crippen LogP contribution in [0.3, 0.4) is 0 Å². The molecule has 0 aromatic heterocycles. The number of aromatic hydroxyl groups is 1. The molecule has 0 bridgehead atoms. The second-order valence-electron chi connectivity index (χ2n) is 4.93. The van der Waals surface area contributed by atoms with Crippen LogP contribution in [0.4, 0.5) is 0 Å². The Hall–Kier alpha value is -2.58. The summed E-state index contributed by atoms with van der Waals surface area (Å²) in [5.41, 5.74) is 1.20. The fraction of sp³-hybridized carbons (Fsp3) is 0. The molecule has 0 unspecified atom stereocenters. The summed E-state index contributed by atoms with van der Waals surface area (Å²) in [6, 6.07) is 18.0. The van der Waals surface area contributed by atoms with Crippen molar-refractivity contribution in [3.8, 4) is 5.75 Å². The number of phenols is 1. The number of phenolic OH excluding ortho intramolecular Hbond substituents is 1. The molecule has 0 saturated heterocycles. The van der Waals surface area contributed by atoms with Gasteiger partial charge in [0.1, 0.15) is 5.75 Å². The molecule has 3 aromatic carbocycles. The van der Waals surface area contributed by atoms with Gasteiger partial charge >= 0.3 is 0 Å². The smallest absolute Gasteiger partial charge is 0.190 e. The molecule has 0 aliphatic rings. The maximum atomic E-state index is 12.4. The molecule has 0 aliphatic heterocycles. The van der Waals surface area contributed by atoms with Gasteiger partial charge in [-0.1, -0.05) is 60.1 Å². The van der Waals surface area contributed by atoms with Crippen molar-refractivity contribution >= 4 is 34.2 Å². The Morgan fingerprint density at radius 1 is 0.955 bits per heavy atom. The van der Waals surface area contributed by atoms with Crippen LogP contribution >= 0.6 is 11.6 Å². The number of rotatable bonds is 3. The Morgan fingerprint density at radius 2 is 1.68 bits per heavy atom. The van der Waals surface area contributed by atoms with Gasteiger partial charge in [-0.15, -0.1) is 0 Å². The highest BCUT2D eigenvalue weighted by Crippen LogP contribution is 2.28. The predicted molar refractivity (Wildman–Crippen MR) is 90.4 cm³/mol. The van der Waals surface area contributed by atoms with E-state index >= 15 is 0 Å². The van der Waals surface area contributed by atoms with Gasteiger partial charge in [-0.25, -0.2) is 0 Å². The van der Waals surface area contributed by atoms with Crippen molar-refractivity contribution in [2.45, 2.75) is 0 Å². The first-order chi connectivity index (χ1) is 10.6. The van der Waals surface area contributed by atoms with Crippen LogP contribution in [0.25, 0.3) is 16.8 Å². The van der Waals surface area contributed by atoms with Gasteiger partial charge in [-0.2, -0.15) is 0 Å². The molecule has 2 nitrogen and oxygen atoms in total. The molecule has 0 amide bonds. The van der Waals surface area contributed by atoms with Gasteiger partial charge in [0.2, 0.25) is 0 Å². The van der Waals surface area contributed by atoms with E-state index in [9.17, 15) is 9.90 Å². The van der Waals surface area contributed by atoms with Crippen LogP contribution in [0, 0.1) is 0 Å². The number of hydrogen-bond donors (Lipinski definition) is 1. The summed E-state index contributed by atoms with van der Waals surface area (Å²) in [4.78, 5) is 12.4. The first-order valence-corrected chi connectivity index (χ1v) is 7.21. The molecule has 108 valence electrons. The fourth-order valence-corrected chi connectivity index (χ4v) is 2.47. The molecule has 3 aromatic rings. The van der Waals surface area contributed by atoms with E-state index in [-0.39, 0.29) is 11.5 Å². The van der Waals surface area contributed by atoms with E-state index in [0.717, 1.165) is 16.3 Å². The fourth-order valence-electron chi connectivity index (χ4n) is 2.35. The average molecular weight is 309 g/mol. The Labute approximate surface area is 133 Å². The second kappa shape index (κ2) is 6.04. The highest BCUT2D eigenvalue weighted by molar-refractivity contribution is 6.30. The minimum atomic E-state index is -0.232. The average Bonchev–Trinajstić information content (AvgIpc) is 2.54. The Kier molecular flexibility index (Phi) is 3.94. The van der Waals surface area contributed by atoms with Crippen molar-refractivity contribution in [1.29, 1.82) is 0 Å². The van der Waals surface area contributed by atoms with Crippen LogP contribution < -0.4 is 0 Å². The molecule has 3 rings (SSSR count). The zero-order chi connectivity index (χ0) is 15.5. The first-order valence-electron chi connectivity index (χ1n) is 6.84. The zero-order valence-corrected chi connectivity index (χ0v) is 12.4. The van der Waals surface area contributed by atoms with E-state index in [1.165, 1.54) is 6.08 Å². The van der Waals surface area contributed by atoms with Gasteiger partial charge in [0.25, 0.3) is 0 Å². The number of ketones is 1. The second-order valence-corrected chi connectivity index (χ2v) is 5.37. The largest absolute Gasteiger partial charge is 0.507 e. The first kappa shape index (κ1) is 14.4. The maximum Gasteiger partial charge on any atom is 0.190 e.